The first-order valence-electron chi connectivity index (χ1n) is 6.09. The summed E-state index contributed by atoms with van der Waals surface area (Å²) in [5, 5.41) is 14.5. The van der Waals surface area contributed by atoms with E-state index in [1.807, 2.05) is 13.0 Å². The molecule has 0 bridgehead atoms. The fourth-order valence-corrected chi connectivity index (χ4v) is 1.87. The maximum Gasteiger partial charge on any atom is 0.303 e. The topological polar surface area (TPSA) is 87.7 Å². The number of rotatable bonds is 5. The van der Waals surface area contributed by atoms with E-state index >= 15 is 0 Å². The summed E-state index contributed by atoms with van der Waals surface area (Å²) in [6, 6.07) is 5.44. The molecule has 1 heterocycles. The van der Waals surface area contributed by atoms with Crippen molar-refractivity contribution in [3.8, 4) is 5.75 Å². The van der Waals surface area contributed by atoms with Gasteiger partial charge in [-0.15, -0.1) is 0 Å². The summed E-state index contributed by atoms with van der Waals surface area (Å²) in [6.45, 7) is 1.95. The SMILES string of the molecule is CC(CCC(=O)O)Nc1ccc2c(c1)NC(=O)CO2. The van der Waals surface area contributed by atoms with E-state index < -0.39 is 5.97 Å². The lowest BCUT2D eigenvalue weighted by Crippen LogP contribution is -2.25. The van der Waals surface area contributed by atoms with Crippen LogP contribution in [0.1, 0.15) is 19.8 Å². The zero-order valence-corrected chi connectivity index (χ0v) is 10.6. The molecule has 6 nitrogen and oxygen atoms in total. The molecule has 0 radical (unpaired) electrons. The van der Waals surface area contributed by atoms with Crippen LogP contribution in [0.5, 0.6) is 5.75 Å². The summed E-state index contributed by atoms with van der Waals surface area (Å²) in [5.41, 5.74) is 1.45. The molecule has 3 N–H and O–H groups in total. The molecule has 0 saturated carbocycles. The van der Waals surface area contributed by atoms with Gasteiger partial charge in [0.2, 0.25) is 0 Å². The van der Waals surface area contributed by atoms with E-state index in [0.717, 1.165) is 5.69 Å². The lowest BCUT2D eigenvalue weighted by atomic mass is 10.1. The van der Waals surface area contributed by atoms with Crippen LogP contribution in [0.25, 0.3) is 0 Å². The first-order valence-corrected chi connectivity index (χ1v) is 6.09. The molecule has 1 atom stereocenters. The molecule has 1 aliphatic rings. The molecule has 2 rings (SSSR count). The Morgan fingerprint density at radius 1 is 1.58 bits per heavy atom. The normalized spacial score (nSPS) is 14.9. The Morgan fingerprint density at radius 3 is 3.11 bits per heavy atom. The van der Waals surface area contributed by atoms with E-state index in [1.165, 1.54) is 0 Å². The van der Waals surface area contributed by atoms with Gasteiger partial charge in [0, 0.05) is 18.2 Å². The van der Waals surface area contributed by atoms with Gasteiger partial charge in [-0.05, 0) is 31.5 Å². The van der Waals surface area contributed by atoms with Crippen molar-refractivity contribution in [2.45, 2.75) is 25.8 Å². The number of amides is 1. The number of hydrogen-bond donors (Lipinski definition) is 3. The average Bonchev–Trinajstić information content (AvgIpc) is 2.36. The molecule has 1 aromatic carbocycles. The molecule has 6 heteroatoms. The van der Waals surface area contributed by atoms with Crippen LogP contribution in [0.4, 0.5) is 11.4 Å². The monoisotopic (exact) mass is 264 g/mol. The minimum absolute atomic E-state index is 0.0364. The smallest absolute Gasteiger partial charge is 0.303 e. The van der Waals surface area contributed by atoms with Crippen molar-refractivity contribution in [1.29, 1.82) is 0 Å². The number of carboxylic acids is 1. The minimum Gasteiger partial charge on any atom is -0.482 e. The van der Waals surface area contributed by atoms with Gasteiger partial charge < -0.3 is 20.5 Å². The fraction of sp³-hybridized carbons (Fsp3) is 0.385. The number of nitrogens with one attached hydrogen (secondary N) is 2. The molecule has 0 saturated heterocycles. The highest BCUT2D eigenvalue weighted by molar-refractivity contribution is 5.96. The highest BCUT2D eigenvalue weighted by atomic mass is 16.5. The second kappa shape index (κ2) is 5.60. The minimum atomic E-state index is -0.806. The van der Waals surface area contributed by atoms with Gasteiger partial charge in [-0.2, -0.15) is 0 Å². The Hall–Kier alpha value is -2.24. The number of carboxylic acid groups (broad SMARTS) is 1. The summed E-state index contributed by atoms with van der Waals surface area (Å²) in [5.74, 6) is -0.341. The first kappa shape index (κ1) is 13.2. The Bertz CT molecular complexity index is 501. The van der Waals surface area contributed by atoms with Gasteiger partial charge in [0.1, 0.15) is 5.75 Å². The number of anilines is 2. The number of carbonyl (C=O) groups is 2. The molecule has 1 aromatic rings. The third-order valence-corrected chi connectivity index (χ3v) is 2.82. The zero-order chi connectivity index (χ0) is 13.8. The lowest BCUT2D eigenvalue weighted by molar-refractivity contribution is -0.137. The molecular formula is C13H16N2O4. The fourth-order valence-electron chi connectivity index (χ4n) is 1.87. The van der Waals surface area contributed by atoms with Gasteiger partial charge in [-0.3, -0.25) is 9.59 Å². The summed E-state index contributed by atoms with van der Waals surface area (Å²) in [7, 11) is 0. The second-order valence-electron chi connectivity index (χ2n) is 4.53. The van der Waals surface area contributed by atoms with Crippen molar-refractivity contribution in [1.82, 2.24) is 0 Å². The molecule has 102 valence electrons. The van der Waals surface area contributed by atoms with Gasteiger partial charge in [0.15, 0.2) is 6.61 Å². The quantitative estimate of drug-likeness (QED) is 0.753. The number of hydrogen-bond acceptors (Lipinski definition) is 4. The van der Waals surface area contributed by atoms with E-state index in [-0.39, 0.29) is 25.0 Å². The number of ether oxygens (including phenoxy) is 1. The maximum atomic E-state index is 11.2. The van der Waals surface area contributed by atoms with Crippen LogP contribution in [0.2, 0.25) is 0 Å². The van der Waals surface area contributed by atoms with Crippen molar-refractivity contribution in [2.24, 2.45) is 0 Å². The number of aliphatic carboxylic acids is 1. The largest absolute Gasteiger partial charge is 0.482 e. The molecule has 1 aliphatic heterocycles. The van der Waals surface area contributed by atoms with E-state index in [9.17, 15) is 9.59 Å². The predicted molar refractivity (Wildman–Crippen MR) is 70.5 cm³/mol. The molecule has 0 aromatic heterocycles. The van der Waals surface area contributed by atoms with E-state index in [2.05, 4.69) is 10.6 Å². The van der Waals surface area contributed by atoms with Gasteiger partial charge in [-0.25, -0.2) is 0 Å². The third-order valence-electron chi connectivity index (χ3n) is 2.82. The number of carbonyl (C=O) groups excluding carboxylic acids is 1. The van der Waals surface area contributed by atoms with E-state index in [0.29, 0.717) is 17.9 Å². The Balaban J connectivity index is 1.99. The van der Waals surface area contributed by atoms with Gasteiger partial charge >= 0.3 is 5.97 Å². The summed E-state index contributed by atoms with van der Waals surface area (Å²) >= 11 is 0. The van der Waals surface area contributed by atoms with Crippen molar-refractivity contribution in [2.75, 3.05) is 17.2 Å². The van der Waals surface area contributed by atoms with Crippen LogP contribution in [0.15, 0.2) is 18.2 Å². The molecule has 19 heavy (non-hydrogen) atoms. The average molecular weight is 264 g/mol. The first-order chi connectivity index (χ1) is 9.04. The van der Waals surface area contributed by atoms with Crippen LogP contribution in [-0.2, 0) is 9.59 Å². The molecule has 0 aliphatic carbocycles. The molecule has 1 unspecified atom stereocenters. The standard InChI is InChI=1S/C13H16N2O4/c1-8(2-5-13(17)18)14-9-3-4-11-10(6-9)15-12(16)7-19-11/h3-4,6,8,14H,2,5,7H2,1H3,(H,15,16)(H,17,18). The highest BCUT2D eigenvalue weighted by Gasteiger charge is 2.16. The van der Waals surface area contributed by atoms with Crippen LogP contribution in [-0.4, -0.2) is 29.6 Å². The van der Waals surface area contributed by atoms with Crippen LogP contribution in [0.3, 0.4) is 0 Å². The van der Waals surface area contributed by atoms with Crippen molar-refractivity contribution >= 4 is 23.3 Å². The summed E-state index contributed by atoms with van der Waals surface area (Å²) in [4.78, 5) is 21.7. The Morgan fingerprint density at radius 2 is 2.37 bits per heavy atom. The molecule has 0 spiro atoms. The number of fused-ring (bicyclic) bond motifs is 1. The van der Waals surface area contributed by atoms with Crippen molar-refractivity contribution in [3.05, 3.63) is 18.2 Å². The second-order valence-corrected chi connectivity index (χ2v) is 4.53. The maximum absolute atomic E-state index is 11.2. The van der Waals surface area contributed by atoms with E-state index in [4.69, 9.17) is 9.84 Å². The summed E-state index contributed by atoms with van der Waals surface area (Å²) < 4.78 is 5.26. The van der Waals surface area contributed by atoms with Crippen LogP contribution in [0, 0.1) is 0 Å². The van der Waals surface area contributed by atoms with Gasteiger partial charge in [0.05, 0.1) is 5.69 Å². The third kappa shape index (κ3) is 3.61. The van der Waals surface area contributed by atoms with Crippen molar-refractivity contribution in [3.63, 3.8) is 0 Å². The Labute approximate surface area is 110 Å². The molecule has 1 amide bonds. The van der Waals surface area contributed by atoms with E-state index in [1.54, 1.807) is 12.1 Å². The van der Waals surface area contributed by atoms with Gasteiger partial charge in [-0.1, -0.05) is 0 Å². The summed E-state index contributed by atoms with van der Waals surface area (Å²) in [6.07, 6.45) is 0.661. The van der Waals surface area contributed by atoms with Gasteiger partial charge in [0.25, 0.3) is 5.91 Å². The van der Waals surface area contributed by atoms with Crippen LogP contribution >= 0.6 is 0 Å². The highest BCUT2D eigenvalue weighted by Crippen LogP contribution is 2.30. The Kier molecular flexibility index (Phi) is 3.89. The predicted octanol–water partition coefficient (Wildman–Crippen LogP) is 1.68. The lowest BCUT2D eigenvalue weighted by Gasteiger charge is -2.20. The molecule has 0 fully saturated rings. The zero-order valence-electron chi connectivity index (χ0n) is 10.6. The molecular weight excluding hydrogens is 248 g/mol. The van der Waals surface area contributed by atoms with Crippen molar-refractivity contribution < 1.29 is 19.4 Å². The number of benzene rings is 1. The van der Waals surface area contributed by atoms with Crippen LogP contribution < -0.4 is 15.4 Å².